The van der Waals surface area contributed by atoms with Gasteiger partial charge in [0.05, 0.1) is 6.04 Å². The van der Waals surface area contributed by atoms with E-state index in [1.165, 1.54) is 33.4 Å². The van der Waals surface area contributed by atoms with Crippen LogP contribution in [-0.2, 0) is 25.7 Å². The summed E-state index contributed by atoms with van der Waals surface area (Å²) in [5.74, 6) is 0. The summed E-state index contributed by atoms with van der Waals surface area (Å²) in [7, 11) is 0. The van der Waals surface area contributed by atoms with E-state index in [-0.39, 0.29) is 6.04 Å². The van der Waals surface area contributed by atoms with Crippen molar-refractivity contribution in [2.75, 3.05) is 0 Å². The molecule has 4 bridgehead atoms. The molecular formula is C25H25N. The van der Waals surface area contributed by atoms with Crippen LogP contribution in [-0.4, -0.2) is 6.21 Å². The standard InChI is InChI=1S/C25H25N/c1-19(23-5-3-2-4-6-23)26-18-25-17-22-12-11-20-7-9-21(10-8-20)13-15-24(25)16-14-22/h2-10,14,16-19H,11-13,15H2,1H3/t19-/m1/s1. The maximum absolute atomic E-state index is 4.85. The van der Waals surface area contributed by atoms with E-state index < -0.39 is 0 Å². The normalized spacial score (nSPS) is 15.0. The van der Waals surface area contributed by atoms with Crippen molar-refractivity contribution in [3.63, 3.8) is 0 Å². The molecule has 0 aromatic heterocycles. The van der Waals surface area contributed by atoms with Crippen molar-refractivity contribution < 1.29 is 0 Å². The van der Waals surface area contributed by atoms with E-state index in [4.69, 9.17) is 4.99 Å². The Kier molecular flexibility index (Phi) is 4.97. The van der Waals surface area contributed by atoms with E-state index in [0.29, 0.717) is 0 Å². The van der Waals surface area contributed by atoms with E-state index in [9.17, 15) is 0 Å². The first-order valence-electron chi connectivity index (χ1n) is 9.56. The van der Waals surface area contributed by atoms with Gasteiger partial charge in [0.2, 0.25) is 0 Å². The van der Waals surface area contributed by atoms with Crippen LogP contribution >= 0.6 is 0 Å². The Labute approximate surface area is 156 Å². The predicted octanol–water partition coefficient (Wildman–Crippen LogP) is 5.75. The van der Waals surface area contributed by atoms with Crippen molar-refractivity contribution in [2.45, 2.75) is 38.6 Å². The van der Waals surface area contributed by atoms with Crippen molar-refractivity contribution in [1.29, 1.82) is 0 Å². The third-order valence-electron chi connectivity index (χ3n) is 5.34. The molecule has 0 heterocycles. The second-order valence-electron chi connectivity index (χ2n) is 7.21. The van der Waals surface area contributed by atoms with Crippen LogP contribution in [0.2, 0.25) is 0 Å². The Hall–Kier alpha value is -2.67. The summed E-state index contributed by atoms with van der Waals surface area (Å²) < 4.78 is 0. The highest BCUT2D eigenvalue weighted by Gasteiger charge is 2.08. The minimum atomic E-state index is 0.179. The molecule has 0 radical (unpaired) electrons. The predicted molar refractivity (Wildman–Crippen MR) is 110 cm³/mol. The van der Waals surface area contributed by atoms with Gasteiger partial charge in [0.1, 0.15) is 0 Å². The summed E-state index contributed by atoms with van der Waals surface area (Å²) in [5, 5.41) is 0. The molecule has 130 valence electrons. The van der Waals surface area contributed by atoms with Crippen LogP contribution in [0.3, 0.4) is 0 Å². The summed E-state index contributed by atoms with van der Waals surface area (Å²) in [6, 6.07) is 26.8. The molecule has 0 saturated heterocycles. The fraction of sp³-hybridized carbons (Fsp3) is 0.240. The van der Waals surface area contributed by atoms with Gasteiger partial charge in [0.15, 0.2) is 0 Å². The average molecular weight is 339 g/mol. The average Bonchev–Trinajstić information content (AvgIpc) is 2.69. The van der Waals surface area contributed by atoms with Crippen LogP contribution in [0.1, 0.15) is 46.3 Å². The Balaban J connectivity index is 1.61. The molecule has 1 atom stereocenters. The number of aryl methyl sites for hydroxylation is 4. The Morgan fingerprint density at radius 1 is 0.731 bits per heavy atom. The number of hydrogen-bond donors (Lipinski definition) is 0. The quantitative estimate of drug-likeness (QED) is 0.539. The Bertz CT molecular complexity index is 891. The van der Waals surface area contributed by atoms with Gasteiger partial charge in [-0.2, -0.15) is 0 Å². The SMILES string of the molecule is C[C@@H](N=Cc1cc2ccc1CCc1ccc(cc1)CC2)c1ccccc1. The molecule has 1 nitrogen and oxygen atoms in total. The molecule has 4 aliphatic carbocycles. The van der Waals surface area contributed by atoms with Gasteiger partial charge in [0, 0.05) is 6.21 Å². The van der Waals surface area contributed by atoms with Gasteiger partial charge in [-0.05, 0) is 72.1 Å². The number of rotatable bonds is 3. The van der Waals surface area contributed by atoms with E-state index in [1.54, 1.807) is 0 Å². The van der Waals surface area contributed by atoms with Crippen molar-refractivity contribution in [1.82, 2.24) is 0 Å². The zero-order chi connectivity index (χ0) is 17.8. The third kappa shape index (κ3) is 3.94. The zero-order valence-electron chi connectivity index (χ0n) is 15.4. The molecule has 1 heteroatoms. The molecule has 0 amide bonds. The highest BCUT2D eigenvalue weighted by molar-refractivity contribution is 5.82. The lowest BCUT2D eigenvalue weighted by Gasteiger charge is -2.13. The second-order valence-corrected chi connectivity index (χ2v) is 7.21. The molecule has 3 aromatic rings. The van der Waals surface area contributed by atoms with Crippen molar-refractivity contribution >= 4 is 6.21 Å². The van der Waals surface area contributed by atoms with Crippen LogP contribution in [0.15, 0.2) is 77.8 Å². The van der Waals surface area contributed by atoms with Gasteiger partial charge < -0.3 is 0 Å². The molecule has 0 aliphatic heterocycles. The summed E-state index contributed by atoms with van der Waals surface area (Å²) >= 11 is 0. The van der Waals surface area contributed by atoms with Crippen molar-refractivity contribution in [2.24, 2.45) is 4.99 Å². The monoisotopic (exact) mass is 339 g/mol. The summed E-state index contributed by atoms with van der Waals surface area (Å²) in [6.07, 6.45) is 6.39. The summed E-state index contributed by atoms with van der Waals surface area (Å²) in [5.41, 5.74) is 8.16. The van der Waals surface area contributed by atoms with Gasteiger partial charge in [-0.15, -0.1) is 0 Å². The largest absolute Gasteiger partial charge is 0.285 e. The highest BCUT2D eigenvalue weighted by Crippen LogP contribution is 2.20. The minimum Gasteiger partial charge on any atom is -0.285 e. The maximum atomic E-state index is 4.85. The lowest BCUT2D eigenvalue weighted by atomic mass is 9.93. The first-order chi connectivity index (χ1) is 12.8. The lowest BCUT2D eigenvalue weighted by Crippen LogP contribution is -2.02. The van der Waals surface area contributed by atoms with Crippen LogP contribution in [0.4, 0.5) is 0 Å². The molecule has 26 heavy (non-hydrogen) atoms. The Morgan fingerprint density at radius 3 is 2.08 bits per heavy atom. The van der Waals surface area contributed by atoms with Crippen LogP contribution in [0, 0.1) is 0 Å². The van der Waals surface area contributed by atoms with E-state index in [1.807, 2.05) is 0 Å². The highest BCUT2D eigenvalue weighted by atomic mass is 14.8. The second kappa shape index (κ2) is 7.70. The van der Waals surface area contributed by atoms with Gasteiger partial charge >= 0.3 is 0 Å². The topological polar surface area (TPSA) is 12.4 Å². The van der Waals surface area contributed by atoms with Gasteiger partial charge in [-0.3, -0.25) is 4.99 Å². The molecule has 0 saturated carbocycles. The maximum Gasteiger partial charge on any atom is 0.0721 e. The fourth-order valence-electron chi connectivity index (χ4n) is 3.60. The van der Waals surface area contributed by atoms with Gasteiger partial charge in [0.25, 0.3) is 0 Å². The van der Waals surface area contributed by atoms with Gasteiger partial charge in [-0.1, -0.05) is 66.7 Å². The van der Waals surface area contributed by atoms with E-state index >= 15 is 0 Å². The minimum absolute atomic E-state index is 0.179. The summed E-state index contributed by atoms with van der Waals surface area (Å²) in [4.78, 5) is 4.85. The van der Waals surface area contributed by atoms with Crippen molar-refractivity contribution in [3.05, 3.63) is 106 Å². The van der Waals surface area contributed by atoms with Crippen LogP contribution in [0.25, 0.3) is 0 Å². The van der Waals surface area contributed by atoms with Gasteiger partial charge in [-0.25, -0.2) is 0 Å². The molecule has 0 unspecified atom stereocenters. The third-order valence-corrected chi connectivity index (χ3v) is 5.34. The molecular weight excluding hydrogens is 314 g/mol. The first-order valence-corrected chi connectivity index (χ1v) is 9.56. The van der Waals surface area contributed by atoms with E-state index in [0.717, 1.165) is 25.7 Å². The number of benzene rings is 3. The number of hydrogen-bond acceptors (Lipinski definition) is 1. The zero-order valence-corrected chi connectivity index (χ0v) is 15.4. The first kappa shape index (κ1) is 16.8. The van der Waals surface area contributed by atoms with Crippen LogP contribution in [0.5, 0.6) is 0 Å². The lowest BCUT2D eigenvalue weighted by molar-refractivity contribution is 0.824. The number of nitrogens with zero attached hydrogens (tertiary/aromatic N) is 1. The fourth-order valence-corrected chi connectivity index (χ4v) is 3.60. The molecule has 0 N–H and O–H groups in total. The van der Waals surface area contributed by atoms with Crippen molar-refractivity contribution in [3.8, 4) is 0 Å². The van der Waals surface area contributed by atoms with Crippen LogP contribution < -0.4 is 0 Å². The van der Waals surface area contributed by atoms with E-state index in [2.05, 4.69) is 85.9 Å². The Morgan fingerprint density at radius 2 is 1.35 bits per heavy atom. The molecule has 4 aliphatic rings. The molecule has 0 fully saturated rings. The smallest absolute Gasteiger partial charge is 0.0721 e. The molecule has 7 rings (SSSR count). The molecule has 3 aromatic carbocycles. The molecule has 0 spiro atoms. The summed E-state index contributed by atoms with van der Waals surface area (Å²) in [6.45, 7) is 2.16. The number of aliphatic imine (C=N–C) groups is 1.